The normalized spacial score (nSPS) is 22.9. The Kier molecular flexibility index (Phi) is 4.73. The lowest BCUT2D eigenvalue weighted by Gasteiger charge is -2.28. The summed E-state index contributed by atoms with van der Waals surface area (Å²) in [6.45, 7) is 6.34. The zero-order chi connectivity index (χ0) is 12.1. The third kappa shape index (κ3) is 3.81. The van der Waals surface area contributed by atoms with Gasteiger partial charge in [0.1, 0.15) is 0 Å². The molecule has 5 heteroatoms. The van der Waals surface area contributed by atoms with Gasteiger partial charge in [-0.05, 0) is 12.3 Å². The van der Waals surface area contributed by atoms with Crippen LogP contribution in [-0.2, 0) is 9.59 Å². The maximum atomic E-state index is 11.7. The molecular weight excluding hydrogens is 208 g/mol. The third-order valence-electron chi connectivity index (χ3n) is 2.63. The molecule has 92 valence electrons. The molecule has 1 aliphatic rings. The Morgan fingerprint density at radius 1 is 1.62 bits per heavy atom. The van der Waals surface area contributed by atoms with Crippen LogP contribution in [0.4, 0.5) is 0 Å². The van der Waals surface area contributed by atoms with Gasteiger partial charge in [-0.15, -0.1) is 0 Å². The Morgan fingerprint density at radius 2 is 2.31 bits per heavy atom. The lowest BCUT2D eigenvalue weighted by atomic mass is 10.1. The van der Waals surface area contributed by atoms with Crippen LogP contribution in [0.5, 0.6) is 0 Å². The number of rotatable bonds is 4. The molecule has 2 N–H and O–H groups in total. The van der Waals surface area contributed by atoms with Crippen LogP contribution in [-0.4, -0.2) is 47.6 Å². The maximum Gasteiger partial charge on any atom is 0.305 e. The zero-order valence-corrected chi connectivity index (χ0v) is 9.90. The standard InChI is InChI=1S/C11H20N2O3/c1-8(2)7-13-5-3-4-12-11(16)9(13)6-10(14)15/h8-9H,3-7H2,1-2H3,(H,12,16)(H,14,15). The van der Waals surface area contributed by atoms with Crippen molar-refractivity contribution in [3.8, 4) is 0 Å². The molecule has 0 saturated carbocycles. The van der Waals surface area contributed by atoms with Gasteiger partial charge >= 0.3 is 5.97 Å². The van der Waals surface area contributed by atoms with Crippen molar-refractivity contribution in [1.29, 1.82) is 0 Å². The van der Waals surface area contributed by atoms with Gasteiger partial charge in [0.2, 0.25) is 5.91 Å². The molecule has 0 aromatic heterocycles. The van der Waals surface area contributed by atoms with Crippen LogP contribution in [0, 0.1) is 5.92 Å². The fraction of sp³-hybridized carbons (Fsp3) is 0.818. The van der Waals surface area contributed by atoms with E-state index in [-0.39, 0.29) is 12.3 Å². The second kappa shape index (κ2) is 5.84. The van der Waals surface area contributed by atoms with E-state index in [0.29, 0.717) is 12.5 Å². The van der Waals surface area contributed by atoms with Crippen LogP contribution in [0.2, 0.25) is 0 Å². The van der Waals surface area contributed by atoms with E-state index >= 15 is 0 Å². The van der Waals surface area contributed by atoms with Gasteiger partial charge in [-0.2, -0.15) is 0 Å². The van der Waals surface area contributed by atoms with Crippen molar-refractivity contribution >= 4 is 11.9 Å². The number of nitrogens with one attached hydrogen (secondary N) is 1. The number of carboxylic acid groups (broad SMARTS) is 1. The van der Waals surface area contributed by atoms with Crippen molar-refractivity contribution < 1.29 is 14.7 Å². The molecule has 0 bridgehead atoms. The molecule has 0 aromatic carbocycles. The van der Waals surface area contributed by atoms with Crippen LogP contribution in [0.15, 0.2) is 0 Å². The predicted octanol–water partition coefficient (Wildman–Crippen LogP) is 0.308. The summed E-state index contributed by atoms with van der Waals surface area (Å²) >= 11 is 0. The van der Waals surface area contributed by atoms with Crippen LogP contribution in [0.3, 0.4) is 0 Å². The third-order valence-corrected chi connectivity index (χ3v) is 2.63. The molecule has 0 radical (unpaired) electrons. The maximum absolute atomic E-state index is 11.7. The van der Waals surface area contributed by atoms with E-state index < -0.39 is 12.0 Å². The molecule has 1 rings (SSSR count). The molecular formula is C11H20N2O3. The fourth-order valence-corrected chi connectivity index (χ4v) is 2.01. The molecule has 0 aromatic rings. The summed E-state index contributed by atoms with van der Waals surface area (Å²) in [5.74, 6) is -0.640. The molecule has 16 heavy (non-hydrogen) atoms. The van der Waals surface area contributed by atoms with Gasteiger partial charge in [0.05, 0.1) is 12.5 Å². The quantitative estimate of drug-likeness (QED) is 0.726. The largest absolute Gasteiger partial charge is 0.481 e. The molecule has 0 aliphatic carbocycles. The molecule has 1 aliphatic heterocycles. The van der Waals surface area contributed by atoms with Gasteiger partial charge in [-0.25, -0.2) is 0 Å². The highest BCUT2D eigenvalue weighted by Crippen LogP contribution is 2.12. The summed E-state index contributed by atoms with van der Waals surface area (Å²) in [7, 11) is 0. The SMILES string of the molecule is CC(C)CN1CCCNC(=O)C1CC(=O)O. The minimum atomic E-state index is -0.921. The summed E-state index contributed by atoms with van der Waals surface area (Å²) in [5.41, 5.74) is 0. The molecule has 5 nitrogen and oxygen atoms in total. The van der Waals surface area contributed by atoms with Crippen molar-refractivity contribution in [3.05, 3.63) is 0 Å². The number of carbonyl (C=O) groups is 2. The van der Waals surface area contributed by atoms with E-state index in [4.69, 9.17) is 5.11 Å². The van der Waals surface area contributed by atoms with Crippen LogP contribution >= 0.6 is 0 Å². The Morgan fingerprint density at radius 3 is 2.88 bits per heavy atom. The van der Waals surface area contributed by atoms with Gasteiger partial charge in [0.25, 0.3) is 0 Å². The van der Waals surface area contributed by atoms with Crippen molar-refractivity contribution in [3.63, 3.8) is 0 Å². The highest BCUT2D eigenvalue weighted by molar-refractivity contribution is 5.86. The fourth-order valence-electron chi connectivity index (χ4n) is 2.01. The van der Waals surface area contributed by atoms with Crippen LogP contribution < -0.4 is 5.32 Å². The number of amides is 1. The first kappa shape index (κ1) is 13.0. The first-order valence-corrected chi connectivity index (χ1v) is 5.74. The first-order valence-electron chi connectivity index (χ1n) is 5.74. The second-order valence-electron chi connectivity index (χ2n) is 4.65. The average Bonchev–Trinajstić information content (AvgIpc) is 2.31. The number of hydrogen-bond donors (Lipinski definition) is 2. The van der Waals surface area contributed by atoms with Gasteiger partial charge in [0, 0.05) is 19.6 Å². The predicted molar refractivity (Wildman–Crippen MR) is 60.1 cm³/mol. The number of carbonyl (C=O) groups excluding carboxylic acids is 1. The van der Waals surface area contributed by atoms with Gasteiger partial charge in [-0.3, -0.25) is 14.5 Å². The summed E-state index contributed by atoms with van der Waals surface area (Å²) in [5, 5.41) is 11.6. The molecule has 1 amide bonds. The molecule has 1 atom stereocenters. The van der Waals surface area contributed by atoms with Gasteiger partial charge in [-0.1, -0.05) is 13.8 Å². The number of nitrogens with zero attached hydrogens (tertiary/aromatic N) is 1. The number of aliphatic carboxylic acids is 1. The highest BCUT2D eigenvalue weighted by atomic mass is 16.4. The van der Waals surface area contributed by atoms with Crippen molar-refractivity contribution in [1.82, 2.24) is 10.2 Å². The van der Waals surface area contributed by atoms with Gasteiger partial charge < -0.3 is 10.4 Å². The minimum absolute atomic E-state index is 0.113. The van der Waals surface area contributed by atoms with E-state index in [9.17, 15) is 9.59 Å². The first-order chi connectivity index (χ1) is 7.50. The highest BCUT2D eigenvalue weighted by Gasteiger charge is 2.30. The van der Waals surface area contributed by atoms with E-state index in [0.717, 1.165) is 19.5 Å². The average molecular weight is 228 g/mol. The lowest BCUT2D eigenvalue weighted by Crippen LogP contribution is -2.46. The summed E-state index contributed by atoms with van der Waals surface area (Å²) in [6, 6.07) is -0.512. The molecule has 1 unspecified atom stereocenters. The van der Waals surface area contributed by atoms with E-state index in [1.54, 1.807) is 0 Å². The Labute approximate surface area is 95.8 Å². The van der Waals surface area contributed by atoms with E-state index in [1.807, 2.05) is 4.90 Å². The molecule has 1 heterocycles. The van der Waals surface area contributed by atoms with E-state index in [2.05, 4.69) is 19.2 Å². The number of hydrogen-bond acceptors (Lipinski definition) is 3. The second-order valence-corrected chi connectivity index (χ2v) is 4.65. The molecule has 1 fully saturated rings. The van der Waals surface area contributed by atoms with Gasteiger partial charge in [0.15, 0.2) is 0 Å². The van der Waals surface area contributed by atoms with E-state index in [1.165, 1.54) is 0 Å². The Hall–Kier alpha value is -1.10. The molecule has 1 saturated heterocycles. The Balaban J connectivity index is 2.72. The van der Waals surface area contributed by atoms with Crippen LogP contribution in [0.1, 0.15) is 26.7 Å². The monoisotopic (exact) mass is 228 g/mol. The van der Waals surface area contributed by atoms with Crippen molar-refractivity contribution in [2.75, 3.05) is 19.6 Å². The summed E-state index contributed by atoms with van der Waals surface area (Å²) in [4.78, 5) is 24.5. The summed E-state index contributed by atoms with van der Waals surface area (Å²) < 4.78 is 0. The topological polar surface area (TPSA) is 69.6 Å². The number of carboxylic acids is 1. The lowest BCUT2D eigenvalue weighted by molar-refractivity contribution is -0.141. The molecule has 0 spiro atoms. The van der Waals surface area contributed by atoms with Crippen LogP contribution in [0.25, 0.3) is 0 Å². The van der Waals surface area contributed by atoms with Crippen molar-refractivity contribution in [2.45, 2.75) is 32.7 Å². The van der Waals surface area contributed by atoms with Crippen molar-refractivity contribution in [2.24, 2.45) is 5.92 Å². The smallest absolute Gasteiger partial charge is 0.305 e. The zero-order valence-electron chi connectivity index (χ0n) is 9.90. The summed E-state index contributed by atoms with van der Waals surface area (Å²) in [6.07, 6.45) is 0.771. The minimum Gasteiger partial charge on any atom is -0.481 e. The Bertz CT molecular complexity index is 266.